The predicted octanol–water partition coefficient (Wildman–Crippen LogP) is 1.49. The molecular formula is C17H25N3O2S. The van der Waals surface area contributed by atoms with E-state index < -0.39 is 0 Å². The predicted molar refractivity (Wildman–Crippen MR) is 91.4 cm³/mol. The molecule has 3 rings (SSSR count). The van der Waals surface area contributed by atoms with Gasteiger partial charge in [0.1, 0.15) is 0 Å². The van der Waals surface area contributed by atoms with Gasteiger partial charge in [-0.3, -0.25) is 9.59 Å². The number of carbonyl (C=O) groups is 2. The molecule has 0 bridgehead atoms. The Labute approximate surface area is 141 Å². The first kappa shape index (κ1) is 16.5. The van der Waals surface area contributed by atoms with Crippen LogP contribution in [0.2, 0.25) is 0 Å². The van der Waals surface area contributed by atoms with Crippen molar-refractivity contribution < 1.29 is 9.59 Å². The second-order valence-corrected chi connectivity index (χ2v) is 7.36. The highest BCUT2D eigenvalue weighted by atomic mass is 32.1. The molecule has 0 spiro atoms. The Bertz CT molecular complexity index is 532. The molecule has 1 atom stereocenters. The molecule has 2 amide bonds. The number of likely N-dealkylation sites (tertiary alicyclic amines) is 1. The minimum absolute atomic E-state index is 0.174. The zero-order valence-electron chi connectivity index (χ0n) is 13.5. The Morgan fingerprint density at radius 2 is 2.30 bits per heavy atom. The maximum Gasteiger partial charge on any atom is 0.236 e. The molecule has 1 N–H and O–H groups in total. The summed E-state index contributed by atoms with van der Waals surface area (Å²) in [5.74, 6) is 0.419. The van der Waals surface area contributed by atoms with Crippen LogP contribution in [-0.4, -0.2) is 60.4 Å². The second kappa shape index (κ2) is 7.93. The molecule has 2 fully saturated rings. The first-order chi connectivity index (χ1) is 11.2. The van der Waals surface area contributed by atoms with E-state index in [4.69, 9.17) is 0 Å². The van der Waals surface area contributed by atoms with Crippen LogP contribution in [0.1, 0.15) is 30.6 Å². The molecule has 6 heteroatoms. The molecular weight excluding hydrogens is 310 g/mol. The third-order valence-electron chi connectivity index (χ3n) is 4.71. The quantitative estimate of drug-likeness (QED) is 0.887. The number of hydrogen-bond acceptors (Lipinski definition) is 4. The van der Waals surface area contributed by atoms with Crippen molar-refractivity contribution in [2.75, 3.05) is 32.7 Å². The van der Waals surface area contributed by atoms with E-state index in [-0.39, 0.29) is 17.9 Å². The minimum atomic E-state index is 0.174. The Morgan fingerprint density at radius 3 is 3.09 bits per heavy atom. The summed E-state index contributed by atoms with van der Waals surface area (Å²) < 4.78 is 0. The highest BCUT2D eigenvalue weighted by molar-refractivity contribution is 7.09. The van der Waals surface area contributed by atoms with Gasteiger partial charge in [0.2, 0.25) is 11.8 Å². The van der Waals surface area contributed by atoms with Crippen LogP contribution in [0.15, 0.2) is 17.5 Å². The van der Waals surface area contributed by atoms with Crippen molar-refractivity contribution in [1.82, 2.24) is 15.1 Å². The molecule has 0 aliphatic carbocycles. The average molecular weight is 335 g/mol. The van der Waals surface area contributed by atoms with Crippen LogP contribution in [0, 0.1) is 0 Å². The lowest BCUT2D eigenvalue weighted by Gasteiger charge is -2.41. The summed E-state index contributed by atoms with van der Waals surface area (Å²) in [5.41, 5.74) is 0. The number of nitrogens with one attached hydrogen (secondary N) is 1. The monoisotopic (exact) mass is 335 g/mol. The summed E-state index contributed by atoms with van der Waals surface area (Å²) in [6, 6.07) is 4.39. The molecule has 2 aliphatic rings. The molecule has 2 aliphatic heterocycles. The van der Waals surface area contributed by atoms with Gasteiger partial charge in [0.05, 0.1) is 6.54 Å². The molecule has 23 heavy (non-hydrogen) atoms. The molecule has 0 saturated carbocycles. The van der Waals surface area contributed by atoms with Gasteiger partial charge in [0.15, 0.2) is 0 Å². The smallest absolute Gasteiger partial charge is 0.236 e. The summed E-state index contributed by atoms with van der Waals surface area (Å²) in [5, 5.41) is 5.19. The average Bonchev–Trinajstić information content (AvgIpc) is 3.09. The van der Waals surface area contributed by atoms with Gasteiger partial charge in [0, 0.05) is 43.5 Å². The van der Waals surface area contributed by atoms with Gasteiger partial charge in [-0.25, -0.2) is 0 Å². The van der Waals surface area contributed by atoms with E-state index in [0.717, 1.165) is 45.3 Å². The van der Waals surface area contributed by atoms with Crippen LogP contribution >= 0.6 is 11.3 Å². The number of piperazine rings is 1. The van der Waals surface area contributed by atoms with Crippen molar-refractivity contribution in [2.45, 2.75) is 38.1 Å². The second-order valence-electron chi connectivity index (χ2n) is 6.33. The van der Waals surface area contributed by atoms with Crippen molar-refractivity contribution in [3.63, 3.8) is 0 Å². The number of carbonyl (C=O) groups excluding carboxylic acids is 2. The van der Waals surface area contributed by atoms with Gasteiger partial charge >= 0.3 is 0 Å². The van der Waals surface area contributed by atoms with E-state index in [1.165, 1.54) is 4.88 Å². The van der Waals surface area contributed by atoms with Crippen molar-refractivity contribution >= 4 is 23.2 Å². The number of thiophene rings is 1. The normalized spacial score (nSPS) is 22.4. The Hall–Kier alpha value is -1.40. The number of nitrogens with zero attached hydrogens (tertiary/aromatic N) is 2. The molecule has 126 valence electrons. The van der Waals surface area contributed by atoms with Crippen LogP contribution in [0.5, 0.6) is 0 Å². The van der Waals surface area contributed by atoms with Gasteiger partial charge in [0.25, 0.3) is 0 Å². The van der Waals surface area contributed by atoms with Gasteiger partial charge in [-0.2, -0.15) is 0 Å². The maximum absolute atomic E-state index is 12.4. The van der Waals surface area contributed by atoms with Crippen LogP contribution in [0.3, 0.4) is 0 Å². The summed E-state index contributed by atoms with van der Waals surface area (Å²) in [6.07, 6.45) is 4.52. The topological polar surface area (TPSA) is 52.7 Å². The number of rotatable bonds is 5. The Kier molecular flexibility index (Phi) is 5.67. The van der Waals surface area contributed by atoms with Crippen LogP contribution in [0.4, 0.5) is 0 Å². The molecule has 5 nitrogen and oxygen atoms in total. The zero-order valence-corrected chi connectivity index (χ0v) is 14.3. The summed E-state index contributed by atoms with van der Waals surface area (Å²) in [7, 11) is 0. The molecule has 1 unspecified atom stereocenters. The maximum atomic E-state index is 12.4. The number of aryl methyl sites for hydroxylation is 1. The van der Waals surface area contributed by atoms with E-state index in [9.17, 15) is 9.59 Å². The highest BCUT2D eigenvalue weighted by Crippen LogP contribution is 2.19. The minimum Gasteiger partial charge on any atom is -0.341 e. The third kappa shape index (κ3) is 4.32. The lowest BCUT2D eigenvalue weighted by atomic mass is 10.0. The lowest BCUT2D eigenvalue weighted by molar-refractivity contribution is -0.140. The van der Waals surface area contributed by atoms with Crippen molar-refractivity contribution in [1.29, 1.82) is 0 Å². The number of amides is 2. The van der Waals surface area contributed by atoms with Crippen LogP contribution < -0.4 is 5.32 Å². The summed E-state index contributed by atoms with van der Waals surface area (Å²) in [4.78, 5) is 29.8. The fourth-order valence-corrected chi connectivity index (χ4v) is 4.22. The van der Waals surface area contributed by atoms with Gasteiger partial charge in [-0.1, -0.05) is 6.07 Å². The SMILES string of the molecule is O=C(CCCc1cccs1)N1CCCC(N2CCNCC2=O)C1. The zero-order chi connectivity index (χ0) is 16.1. The third-order valence-corrected chi connectivity index (χ3v) is 5.65. The number of hydrogen-bond donors (Lipinski definition) is 1. The van der Waals surface area contributed by atoms with Crippen molar-refractivity contribution in [3.8, 4) is 0 Å². The Morgan fingerprint density at radius 1 is 1.39 bits per heavy atom. The molecule has 1 aromatic rings. The molecule has 0 aromatic carbocycles. The Balaban J connectivity index is 1.47. The first-order valence-electron chi connectivity index (χ1n) is 8.54. The standard InChI is InChI=1S/C17H25N3O2S/c21-16(7-1-5-15-6-3-11-23-15)19-9-2-4-14(13-19)20-10-8-18-12-17(20)22/h3,6,11,14,18H,1-2,4-5,7-10,12-13H2. The van der Waals surface area contributed by atoms with Gasteiger partial charge in [-0.15, -0.1) is 11.3 Å². The van der Waals surface area contributed by atoms with Crippen LogP contribution in [-0.2, 0) is 16.0 Å². The van der Waals surface area contributed by atoms with E-state index in [0.29, 0.717) is 19.5 Å². The highest BCUT2D eigenvalue weighted by Gasteiger charge is 2.31. The van der Waals surface area contributed by atoms with Gasteiger partial charge in [-0.05, 0) is 37.1 Å². The molecule has 2 saturated heterocycles. The first-order valence-corrected chi connectivity index (χ1v) is 9.42. The fraction of sp³-hybridized carbons (Fsp3) is 0.647. The molecule has 0 radical (unpaired) electrons. The number of piperidine rings is 1. The van der Waals surface area contributed by atoms with E-state index in [1.54, 1.807) is 11.3 Å². The summed E-state index contributed by atoms with van der Waals surface area (Å²) >= 11 is 1.75. The van der Waals surface area contributed by atoms with Crippen LogP contribution in [0.25, 0.3) is 0 Å². The van der Waals surface area contributed by atoms with E-state index in [2.05, 4.69) is 22.8 Å². The summed E-state index contributed by atoms with van der Waals surface area (Å²) in [6.45, 7) is 3.62. The molecule has 3 heterocycles. The van der Waals surface area contributed by atoms with E-state index in [1.807, 2.05) is 9.80 Å². The van der Waals surface area contributed by atoms with Crippen molar-refractivity contribution in [3.05, 3.63) is 22.4 Å². The fourth-order valence-electron chi connectivity index (χ4n) is 3.47. The largest absolute Gasteiger partial charge is 0.341 e. The van der Waals surface area contributed by atoms with E-state index >= 15 is 0 Å². The van der Waals surface area contributed by atoms with Crippen molar-refractivity contribution in [2.24, 2.45) is 0 Å². The molecule has 1 aromatic heterocycles. The van der Waals surface area contributed by atoms with Gasteiger partial charge < -0.3 is 15.1 Å². The lowest BCUT2D eigenvalue weighted by Crippen LogP contribution is -2.57.